The average molecular weight is 284 g/mol. The predicted octanol–water partition coefficient (Wildman–Crippen LogP) is 3.94. The highest BCUT2D eigenvalue weighted by Gasteiger charge is 2.20. The van der Waals surface area contributed by atoms with Gasteiger partial charge in [0.2, 0.25) is 5.78 Å². The third-order valence-electron chi connectivity index (χ3n) is 3.32. The van der Waals surface area contributed by atoms with E-state index < -0.39 is 0 Å². The fourth-order valence-corrected chi connectivity index (χ4v) is 2.45. The fraction of sp³-hybridized carbons (Fsp3) is 0.278. The number of hydrogen-bond donors (Lipinski definition) is 0. The van der Waals surface area contributed by atoms with Crippen LogP contribution in [0.5, 0.6) is 11.5 Å². The van der Waals surface area contributed by atoms with E-state index in [1.54, 1.807) is 13.2 Å². The molecule has 2 rings (SSSR count). The predicted molar refractivity (Wildman–Crippen MR) is 83.5 cm³/mol. The molecule has 0 unspecified atom stereocenters. The van der Waals surface area contributed by atoms with Crippen molar-refractivity contribution >= 4 is 5.78 Å². The summed E-state index contributed by atoms with van der Waals surface area (Å²) < 4.78 is 10.9. The van der Waals surface area contributed by atoms with Crippen LogP contribution >= 0.6 is 0 Å². The van der Waals surface area contributed by atoms with Crippen molar-refractivity contribution in [3.8, 4) is 11.5 Å². The second-order valence-corrected chi connectivity index (χ2v) is 4.92. The summed E-state index contributed by atoms with van der Waals surface area (Å²) in [6, 6.07) is 11.2. The van der Waals surface area contributed by atoms with Gasteiger partial charge < -0.3 is 9.47 Å². The number of methoxy groups -OCH3 is 1. The van der Waals surface area contributed by atoms with Crippen LogP contribution in [0.3, 0.4) is 0 Å². The van der Waals surface area contributed by atoms with Crippen molar-refractivity contribution in [1.82, 2.24) is 0 Å². The maximum absolute atomic E-state index is 12.9. The van der Waals surface area contributed by atoms with Crippen molar-refractivity contribution in [3.05, 3.63) is 58.7 Å². The van der Waals surface area contributed by atoms with Gasteiger partial charge in [0.1, 0.15) is 11.5 Å². The molecule has 0 fully saturated rings. The van der Waals surface area contributed by atoms with Gasteiger partial charge in [0.05, 0.1) is 24.8 Å². The summed E-state index contributed by atoms with van der Waals surface area (Å²) >= 11 is 0. The van der Waals surface area contributed by atoms with Gasteiger partial charge in [0.25, 0.3) is 0 Å². The Morgan fingerprint density at radius 3 is 2.48 bits per heavy atom. The van der Waals surface area contributed by atoms with Gasteiger partial charge in [0.15, 0.2) is 0 Å². The van der Waals surface area contributed by atoms with Crippen LogP contribution in [0.1, 0.15) is 34.0 Å². The number of ether oxygens (including phenoxy) is 2. The van der Waals surface area contributed by atoms with Crippen LogP contribution in [0.15, 0.2) is 36.4 Å². The molecule has 0 amide bonds. The minimum atomic E-state index is -0.0756. The zero-order valence-corrected chi connectivity index (χ0v) is 12.9. The molecule has 110 valence electrons. The molecule has 0 spiro atoms. The first-order valence-electron chi connectivity index (χ1n) is 7.00. The van der Waals surface area contributed by atoms with Gasteiger partial charge in [-0.25, -0.2) is 0 Å². The lowest BCUT2D eigenvalue weighted by Crippen LogP contribution is -2.09. The molecule has 0 aromatic heterocycles. The molecule has 3 nitrogen and oxygen atoms in total. The van der Waals surface area contributed by atoms with E-state index in [1.165, 1.54) is 0 Å². The summed E-state index contributed by atoms with van der Waals surface area (Å²) in [6.45, 7) is 6.33. The quantitative estimate of drug-likeness (QED) is 0.780. The Morgan fingerprint density at radius 1 is 1.10 bits per heavy atom. The first-order chi connectivity index (χ1) is 10.1. The maximum atomic E-state index is 12.9. The average Bonchev–Trinajstić information content (AvgIpc) is 2.46. The Morgan fingerprint density at radius 2 is 1.81 bits per heavy atom. The Labute approximate surface area is 125 Å². The molecular formula is C18H20O3. The van der Waals surface area contributed by atoms with E-state index in [2.05, 4.69) is 0 Å². The third kappa shape index (κ3) is 3.07. The molecule has 0 atom stereocenters. The summed E-state index contributed by atoms with van der Waals surface area (Å²) in [4.78, 5) is 12.9. The van der Waals surface area contributed by atoms with Crippen LogP contribution < -0.4 is 9.47 Å². The Bertz CT molecular complexity index is 660. The van der Waals surface area contributed by atoms with Gasteiger partial charge in [-0.15, -0.1) is 0 Å². The van der Waals surface area contributed by atoms with Gasteiger partial charge in [-0.3, -0.25) is 4.79 Å². The SMILES string of the molecule is CCOc1ccccc1C(=O)c1c(C)cc(C)cc1OC. The highest BCUT2D eigenvalue weighted by Crippen LogP contribution is 2.30. The zero-order valence-electron chi connectivity index (χ0n) is 12.9. The highest BCUT2D eigenvalue weighted by molar-refractivity contribution is 6.13. The van der Waals surface area contributed by atoms with Gasteiger partial charge >= 0.3 is 0 Å². The molecule has 0 heterocycles. The van der Waals surface area contributed by atoms with E-state index in [4.69, 9.17) is 9.47 Å². The standard InChI is InChI=1S/C18H20O3/c1-5-21-15-9-7-6-8-14(15)18(19)17-13(3)10-12(2)11-16(17)20-4/h6-11H,5H2,1-4H3. The molecule has 2 aromatic rings. The first-order valence-corrected chi connectivity index (χ1v) is 7.00. The van der Waals surface area contributed by atoms with Crippen LogP contribution in [-0.4, -0.2) is 19.5 Å². The molecule has 0 aliphatic heterocycles. The van der Waals surface area contributed by atoms with Crippen LogP contribution in [0, 0.1) is 13.8 Å². The molecule has 3 heteroatoms. The molecule has 21 heavy (non-hydrogen) atoms. The number of aryl methyl sites for hydroxylation is 2. The summed E-state index contributed by atoms with van der Waals surface area (Å²) in [6.07, 6.45) is 0. The van der Waals surface area contributed by atoms with Crippen LogP contribution in [-0.2, 0) is 0 Å². The van der Waals surface area contributed by atoms with E-state index in [9.17, 15) is 4.79 Å². The third-order valence-corrected chi connectivity index (χ3v) is 3.32. The number of carbonyl (C=O) groups excluding carboxylic acids is 1. The lowest BCUT2D eigenvalue weighted by atomic mass is 9.96. The zero-order chi connectivity index (χ0) is 15.4. The van der Waals surface area contributed by atoms with Gasteiger partial charge in [-0.05, 0) is 50.1 Å². The summed E-state index contributed by atoms with van der Waals surface area (Å²) in [7, 11) is 1.58. The molecule has 0 N–H and O–H groups in total. The van der Waals surface area contributed by atoms with E-state index in [-0.39, 0.29) is 5.78 Å². The van der Waals surface area contributed by atoms with E-state index >= 15 is 0 Å². The number of benzene rings is 2. The van der Waals surface area contributed by atoms with Crippen LogP contribution in [0.25, 0.3) is 0 Å². The Balaban J connectivity index is 2.55. The summed E-state index contributed by atoms with van der Waals surface area (Å²) in [5.41, 5.74) is 3.13. The number of hydrogen-bond acceptors (Lipinski definition) is 3. The van der Waals surface area contributed by atoms with Crippen molar-refractivity contribution in [1.29, 1.82) is 0 Å². The largest absolute Gasteiger partial charge is 0.496 e. The van der Waals surface area contributed by atoms with E-state index in [0.29, 0.717) is 29.2 Å². The monoisotopic (exact) mass is 284 g/mol. The number of rotatable bonds is 5. The highest BCUT2D eigenvalue weighted by atomic mass is 16.5. The van der Waals surface area contributed by atoms with Crippen molar-refractivity contribution < 1.29 is 14.3 Å². The van der Waals surface area contributed by atoms with Crippen molar-refractivity contribution in [2.75, 3.05) is 13.7 Å². The van der Waals surface area contributed by atoms with E-state index in [0.717, 1.165) is 11.1 Å². The first kappa shape index (κ1) is 15.1. The minimum Gasteiger partial charge on any atom is -0.496 e. The second kappa shape index (κ2) is 6.44. The minimum absolute atomic E-state index is 0.0756. The van der Waals surface area contributed by atoms with Crippen LogP contribution in [0.4, 0.5) is 0 Å². The molecule has 2 aromatic carbocycles. The lowest BCUT2D eigenvalue weighted by molar-refractivity contribution is 0.103. The molecule has 0 saturated heterocycles. The molecular weight excluding hydrogens is 264 g/mol. The molecule has 0 aliphatic carbocycles. The smallest absolute Gasteiger partial charge is 0.200 e. The van der Waals surface area contributed by atoms with Gasteiger partial charge in [-0.1, -0.05) is 18.2 Å². The lowest BCUT2D eigenvalue weighted by Gasteiger charge is -2.14. The number of carbonyl (C=O) groups is 1. The van der Waals surface area contributed by atoms with Gasteiger partial charge in [0, 0.05) is 0 Å². The molecule has 0 aliphatic rings. The maximum Gasteiger partial charge on any atom is 0.200 e. The summed E-state index contributed by atoms with van der Waals surface area (Å²) in [5, 5.41) is 0. The topological polar surface area (TPSA) is 35.5 Å². The van der Waals surface area contributed by atoms with Crippen molar-refractivity contribution in [3.63, 3.8) is 0 Å². The Kier molecular flexibility index (Phi) is 4.63. The van der Waals surface area contributed by atoms with Gasteiger partial charge in [-0.2, -0.15) is 0 Å². The van der Waals surface area contributed by atoms with Crippen LogP contribution in [0.2, 0.25) is 0 Å². The number of para-hydroxylation sites is 1. The van der Waals surface area contributed by atoms with Crippen molar-refractivity contribution in [2.24, 2.45) is 0 Å². The molecule has 0 bridgehead atoms. The second-order valence-electron chi connectivity index (χ2n) is 4.92. The molecule has 0 saturated carbocycles. The summed E-state index contributed by atoms with van der Waals surface area (Å²) in [5.74, 6) is 1.13. The Hall–Kier alpha value is -2.29. The van der Waals surface area contributed by atoms with Crippen molar-refractivity contribution in [2.45, 2.75) is 20.8 Å². The number of ketones is 1. The van der Waals surface area contributed by atoms with E-state index in [1.807, 2.05) is 51.1 Å². The normalized spacial score (nSPS) is 10.3. The fourth-order valence-electron chi connectivity index (χ4n) is 2.45. The molecule has 0 radical (unpaired) electrons.